The molecule has 0 saturated heterocycles. The minimum Gasteiger partial charge on any atom is -0.481 e. The van der Waals surface area contributed by atoms with Gasteiger partial charge >= 0.3 is 18.2 Å². The molecule has 0 spiro atoms. The normalized spacial score (nSPS) is 12.5. The Bertz CT molecular complexity index is 532. The quantitative estimate of drug-likeness (QED) is 0.754. The van der Waals surface area contributed by atoms with E-state index >= 15 is 0 Å². The monoisotopic (exact) mass is 318 g/mol. The summed E-state index contributed by atoms with van der Waals surface area (Å²) in [6, 6.07) is 3.43. The van der Waals surface area contributed by atoms with E-state index in [2.05, 4.69) is 5.32 Å². The Morgan fingerprint density at radius 3 is 2.55 bits per heavy atom. The number of aryl methyl sites for hydroxylation is 1. The van der Waals surface area contributed by atoms with Crippen LogP contribution in [0.1, 0.15) is 25.3 Å². The molecule has 3 N–H and O–H groups in total. The number of carbonyl (C=O) groups excluding carboxylic acids is 1. The average molecular weight is 318 g/mol. The van der Waals surface area contributed by atoms with Gasteiger partial charge in [0.1, 0.15) is 6.04 Å². The number of alkyl halides is 3. The maximum Gasteiger partial charge on any atom is 0.408 e. The lowest BCUT2D eigenvalue weighted by Crippen LogP contribution is -2.46. The van der Waals surface area contributed by atoms with Crippen molar-refractivity contribution in [2.45, 2.75) is 38.4 Å². The molecule has 0 fully saturated rings. The van der Waals surface area contributed by atoms with Gasteiger partial charge in [-0.15, -0.1) is 0 Å². The molecule has 1 aromatic rings. The van der Waals surface area contributed by atoms with Gasteiger partial charge < -0.3 is 15.7 Å². The van der Waals surface area contributed by atoms with Crippen LogP contribution in [-0.2, 0) is 11.2 Å². The Balaban J connectivity index is 2.64. The van der Waals surface area contributed by atoms with Gasteiger partial charge in [-0.1, -0.05) is 19.1 Å². The second-order valence-electron chi connectivity index (χ2n) is 4.70. The van der Waals surface area contributed by atoms with Crippen LogP contribution in [0.3, 0.4) is 0 Å². The summed E-state index contributed by atoms with van der Waals surface area (Å²) in [6.45, 7) is 1.32. The van der Waals surface area contributed by atoms with Gasteiger partial charge in [-0.25, -0.2) is 4.79 Å². The molecule has 1 rings (SSSR count). The highest BCUT2D eigenvalue weighted by Crippen LogP contribution is 2.22. The van der Waals surface area contributed by atoms with E-state index in [4.69, 9.17) is 5.11 Å². The number of hydrogen-bond acceptors (Lipinski definition) is 2. The van der Waals surface area contributed by atoms with Gasteiger partial charge in [-0.05, 0) is 30.5 Å². The Labute approximate surface area is 125 Å². The van der Waals surface area contributed by atoms with Crippen molar-refractivity contribution in [2.75, 3.05) is 5.32 Å². The van der Waals surface area contributed by atoms with E-state index in [1.54, 1.807) is 12.1 Å². The maximum absolute atomic E-state index is 12.6. The van der Waals surface area contributed by atoms with E-state index < -0.39 is 24.2 Å². The molecule has 0 saturated carbocycles. The third-order valence-corrected chi connectivity index (χ3v) is 2.92. The summed E-state index contributed by atoms with van der Waals surface area (Å²) >= 11 is 0. The summed E-state index contributed by atoms with van der Waals surface area (Å²) in [6.07, 6.45) is -4.57. The number of benzene rings is 1. The number of rotatable bonds is 6. The van der Waals surface area contributed by atoms with Crippen molar-refractivity contribution in [1.29, 1.82) is 0 Å². The highest BCUT2D eigenvalue weighted by Gasteiger charge is 2.39. The third kappa shape index (κ3) is 6.02. The number of nitrogens with one attached hydrogen (secondary N) is 2. The molecule has 1 aromatic carbocycles. The zero-order valence-electron chi connectivity index (χ0n) is 11.9. The Morgan fingerprint density at radius 1 is 1.32 bits per heavy atom. The fraction of sp³-hybridized carbons (Fsp3) is 0.429. The van der Waals surface area contributed by atoms with Crippen molar-refractivity contribution in [2.24, 2.45) is 0 Å². The smallest absolute Gasteiger partial charge is 0.408 e. The minimum atomic E-state index is -4.50. The van der Waals surface area contributed by atoms with Crippen LogP contribution in [0.4, 0.5) is 23.7 Å². The molecule has 5 nitrogen and oxygen atoms in total. The van der Waals surface area contributed by atoms with Crippen molar-refractivity contribution >= 4 is 17.7 Å². The molecule has 122 valence electrons. The van der Waals surface area contributed by atoms with Gasteiger partial charge in [0, 0.05) is 12.1 Å². The number of hydrogen-bond donors (Lipinski definition) is 3. The van der Waals surface area contributed by atoms with Gasteiger partial charge in [0.25, 0.3) is 0 Å². The first-order chi connectivity index (χ1) is 10.2. The van der Waals surface area contributed by atoms with E-state index in [9.17, 15) is 22.8 Å². The number of carbonyl (C=O) groups is 2. The van der Waals surface area contributed by atoms with Crippen LogP contribution >= 0.6 is 0 Å². The minimum absolute atomic E-state index is 0.0678. The average Bonchev–Trinajstić information content (AvgIpc) is 2.41. The van der Waals surface area contributed by atoms with Gasteiger partial charge in [-0.2, -0.15) is 13.2 Å². The van der Waals surface area contributed by atoms with Gasteiger partial charge in [0.05, 0.1) is 0 Å². The van der Waals surface area contributed by atoms with Crippen molar-refractivity contribution in [3.8, 4) is 0 Å². The fourth-order valence-corrected chi connectivity index (χ4v) is 1.80. The lowest BCUT2D eigenvalue weighted by Gasteiger charge is -2.20. The summed E-state index contributed by atoms with van der Waals surface area (Å²) < 4.78 is 37.7. The molecular formula is C14H17F3N2O3. The number of urea groups is 1. The largest absolute Gasteiger partial charge is 0.481 e. The predicted octanol–water partition coefficient (Wildman–Crippen LogP) is 3.17. The first kappa shape index (κ1) is 17.8. The molecule has 0 aliphatic heterocycles. The number of anilines is 1. The number of aliphatic carboxylic acids is 1. The topological polar surface area (TPSA) is 78.4 Å². The Hall–Kier alpha value is -2.25. The number of amides is 2. The fourth-order valence-electron chi connectivity index (χ4n) is 1.80. The van der Waals surface area contributed by atoms with Crippen LogP contribution in [0.25, 0.3) is 0 Å². The SMILES string of the molecule is CC[C@H](NC(=O)Nc1cccc(CCC(=O)O)c1)C(F)(F)F. The highest BCUT2D eigenvalue weighted by atomic mass is 19.4. The Morgan fingerprint density at radius 2 is 2.00 bits per heavy atom. The summed E-state index contributed by atoms with van der Waals surface area (Å²) in [4.78, 5) is 22.1. The maximum atomic E-state index is 12.6. The van der Waals surface area contributed by atoms with E-state index in [0.717, 1.165) is 0 Å². The lowest BCUT2D eigenvalue weighted by molar-refractivity contribution is -0.153. The molecule has 0 unspecified atom stereocenters. The summed E-state index contributed by atoms with van der Waals surface area (Å²) in [5, 5.41) is 12.8. The molecule has 22 heavy (non-hydrogen) atoms. The molecular weight excluding hydrogens is 301 g/mol. The van der Waals surface area contributed by atoms with Crippen LogP contribution in [0, 0.1) is 0 Å². The molecule has 0 aliphatic rings. The van der Waals surface area contributed by atoms with Gasteiger partial charge in [0.2, 0.25) is 0 Å². The highest BCUT2D eigenvalue weighted by molar-refractivity contribution is 5.89. The van der Waals surface area contributed by atoms with Gasteiger partial charge in [-0.3, -0.25) is 4.79 Å². The van der Waals surface area contributed by atoms with E-state index in [-0.39, 0.29) is 19.3 Å². The van der Waals surface area contributed by atoms with Crippen LogP contribution < -0.4 is 10.6 Å². The van der Waals surface area contributed by atoms with Crippen molar-refractivity contribution in [3.05, 3.63) is 29.8 Å². The second kappa shape index (κ2) is 7.67. The first-order valence-corrected chi connectivity index (χ1v) is 6.67. The lowest BCUT2D eigenvalue weighted by atomic mass is 10.1. The third-order valence-electron chi connectivity index (χ3n) is 2.92. The molecule has 0 heterocycles. The van der Waals surface area contributed by atoms with Crippen molar-refractivity contribution in [3.63, 3.8) is 0 Å². The Kier molecular flexibility index (Phi) is 6.21. The van der Waals surface area contributed by atoms with Crippen LogP contribution in [-0.4, -0.2) is 29.3 Å². The number of halogens is 3. The summed E-state index contributed by atoms with van der Waals surface area (Å²) in [5.74, 6) is -0.952. The molecule has 2 amide bonds. The number of carboxylic acids is 1. The van der Waals surface area contributed by atoms with E-state index in [0.29, 0.717) is 11.3 Å². The molecule has 0 bridgehead atoms. The molecule has 0 radical (unpaired) electrons. The standard InChI is InChI=1S/C14H17F3N2O3/c1-2-11(14(15,16)17)19-13(22)18-10-5-3-4-9(8-10)6-7-12(20)21/h3-5,8,11H,2,6-7H2,1H3,(H,20,21)(H2,18,19,22)/t11-/m0/s1. The van der Waals surface area contributed by atoms with Crippen LogP contribution in [0.2, 0.25) is 0 Å². The molecule has 1 atom stereocenters. The first-order valence-electron chi connectivity index (χ1n) is 6.67. The van der Waals surface area contributed by atoms with Crippen LogP contribution in [0.5, 0.6) is 0 Å². The van der Waals surface area contributed by atoms with Gasteiger partial charge in [0.15, 0.2) is 0 Å². The van der Waals surface area contributed by atoms with Crippen molar-refractivity contribution < 1.29 is 27.9 Å². The second-order valence-corrected chi connectivity index (χ2v) is 4.70. The zero-order chi connectivity index (χ0) is 16.8. The van der Waals surface area contributed by atoms with Crippen LogP contribution in [0.15, 0.2) is 24.3 Å². The molecule has 0 aliphatic carbocycles. The van der Waals surface area contributed by atoms with E-state index in [1.807, 2.05) is 5.32 Å². The molecule has 8 heteroatoms. The number of carboxylic acid groups (broad SMARTS) is 1. The summed E-state index contributed by atoms with van der Waals surface area (Å²) in [5.41, 5.74) is 0.973. The van der Waals surface area contributed by atoms with Crippen molar-refractivity contribution in [1.82, 2.24) is 5.32 Å². The predicted molar refractivity (Wildman–Crippen MR) is 74.7 cm³/mol. The van der Waals surface area contributed by atoms with E-state index in [1.165, 1.54) is 19.1 Å². The zero-order valence-corrected chi connectivity index (χ0v) is 11.9. The molecule has 0 aromatic heterocycles. The summed E-state index contributed by atoms with van der Waals surface area (Å²) in [7, 11) is 0.